The van der Waals surface area contributed by atoms with E-state index in [0.29, 0.717) is 6.10 Å². The minimum Gasteiger partial charge on any atom is -0.381 e. The number of carbonyl (C=O) groups excluding carboxylic acids is 1. The Kier molecular flexibility index (Phi) is 161. The second-order valence-electron chi connectivity index (χ2n) is 10.2. The molecule has 0 saturated heterocycles. The molecule has 0 aliphatic carbocycles. The van der Waals surface area contributed by atoms with Gasteiger partial charge in [-0.1, -0.05) is 141 Å². The quantitative estimate of drug-likeness (QED) is 0.256. The Bertz CT molecular complexity index is 315. The Morgan fingerprint density at radius 1 is 0.614 bits per heavy atom. The van der Waals surface area contributed by atoms with E-state index in [2.05, 4.69) is 74.6 Å². The standard InChI is InChI=1S/C6H13NO.C6H15N.C6H14O.C6H14.C4H10.C3H9N.8CH4/c1-4-7(5-2)6(3)8;2*1-4-6(5-2)7-3;1-4-6(3)5-2;2*1-4(2)3;;;;;;;;/h4-5H2,1-3H3;6-7H,4-5H2,1-3H3;6H,4-5H2,1-3H3;6H,4-5H2,1-3H3;4H,1-3H3;1-3H3;8*1H4. The Hall–Kier alpha value is -0.650. The van der Waals surface area contributed by atoms with E-state index in [1.54, 1.807) is 18.9 Å². The van der Waals surface area contributed by atoms with E-state index in [4.69, 9.17) is 4.74 Å². The zero-order chi connectivity index (χ0) is 30.1. The third-order valence-electron chi connectivity index (χ3n) is 5.24. The van der Waals surface area contributed by atoms with Crippen LogP contribution in [0.5, 0.6) is 0 Å². The summed E-state index contributed by atoms with van der Waals surface area (Å²) >= 11 is 0. The summed E-state index contributed by atoms with van der Waals surface area (Å²) in [5.74, 6) is 1.93. The first-order chi connectivity index (χ1) is 16.7. The van der Waals surface area contributed by atoms with E-state index < -0.39 is 0 Å². The lowest BCUT2D eigenvalue weighted by molar-refractivity contribution is -0.128. The number of carbonyl (C=O) groups is 1. The largest absolute Gasteiger partial charge is 0.381 e. The number of nitrogens with zero attached hydrogens (tertiary/aromatic N) is 2. The second-order valence-corrected chi connectivity index (χ2v) is 10.2. The van der Waals surface area contributed by atoms with Crippen molar-refractivity contribution in [3.63, 3.8) is 0 Å². The average Bonchev–Trinajstić information content (AvgIpc) is 2.82. The molecule has 0 unspecified atom stereocenters. The Labute approximate surface area is 290 Å². The first kappa shape index (κ1) is 90.3. The Morgan fingerprint density at radius 2 is 0.864 bits per heavy atom. The maximum Gasteiger partial charge on any atom is 0.219 e. The van der Waals surface area contributed by atoms with Gasteiger partial charge >= 0.3 is 0 Å². The molecular formula is C39H107N3O2. The van der Waals surface area contributed by atoms with Gasteiger partial charge in [0.25, 0.3) is 0 Å². The van der Waals surface area contributed by atoms with E-state index >= 15 is 0 Å². The van der Waals surface area contributed by atoms with Gasteiger partial charge in [-0.25, -0.2) is 0 Å². The topological polar surface area (TPSA) is 44.8 Å². The summed E-state index contributed by atoms with van der Waals surface area (Å²) in [4.78, 5) is 14.3. The normalized spacial score (nSPS) is 7.89. The van der Waals surface area contributed by atoms with Gasteiger partial charge in [-0.15, -0.1) is 0 Å². The van der Waals surface area contributed by atoms with Crippen molar-refractivity contribution in [3.05, 3.63) is 0 Å². The van der Waals surface area contributed by atoms with Gasteiger partial charge in [0.2, 0.25) is 5.91 Å². The number of amides is 1. The fourth-order valence-corrected chi connectivity index (χ4v) is 2.28. The third kappa shape index (κ3) is 123. The molecule has 0 rings (SSSR count). The summed E-state index contributed by atoms with van der Waals surface area (Å²) in [6.45, 7) is 29.1. The SMILES string of the molecule is C.C.C.C.C.C.C.C.CC(C)C.CCC(C)CC.CCC(CC)NC.CCC(CC)OC.CCN(CC)C(C)=O.CN(C)C. The third-order valence-corrected chi connectivity index (χ3v) is 5.24. The molecule has 0 spiro atoms. The molecule has 290 valence electrons. The molecule has 0 bridgehead atoms. The Balaban J connectivity index is -0.0000000200. The molecule has 1 amide bonds. The molecule has 0 aromatic heterocycles. The van der Waals surface area contributed by atoms with Crippen LogP contribution in [-0.2, 0) is 9.53 Å². The van der Waals surface area contributed by atoms with Crippen molar-refractivity contribution in [2.45, 2.75) is 200 Å². The zero-order valence-electron chi connectivity index (χ0n) is 28.7. The van der Waals surface area contributed by atoms with Crippen molar-refractivity contribution < 1.29 is 9.53 Å². The average molecular weight is 650 g/mol. The molecule has 44 heavy (non-hydrogen) atoms. The van der Waals surface area contributed by atoms with Gasteiger partial charge in [-0.3, -0.25) is 4.79 Å². The van der Waals surface area contributed by atoms with Crippen LogP contribution in [0.1, 0.15) is 188 Å². The smallest absolute Gasteiger partial charge is 0.219 e. The highest BCUT2D eigenvalue weighted by molar-refractivity contribution is 5.73. The monoisotopic (exact) mass is 650 g/mol. The lowest BCUT2D eigenvalue weighted by Gasteiger charge is -2.14. The van der Waals surface area contributed by atoms with Crippen LogP contribution < -0.4 is 5.32 Å². The van der Waals surface area contributed by atoms with Crippen LogP contribution in [0.3, 0.4) is 0 Å². The van der Waals surface area contributed by atoms with Crippen LogP contribution in [0.2, 0.25) is 0 Å². The summed E-state index contributed by atoms with van der Waals surface area (Å²) < 4.78 is 5.05. The maximum atomic E-state index is 10.5. The number of methoxy groups -OCH3 is 1. The minimum atomic E-state index is 0. The summed E-state index contributed by atoms with van der Waals surface area (Å²) in [5.41, 5.74) is 0. The zero-order valence-corrected chi connectivity index (χ0v) is 28.7. The lowest BCUT2D eigenvalue weighted by Crippen LogP contribution is -2.27. The van der Waals surface area contributed by atoms with Crippen molar-refractivity contribution in [3.8, 4) is 0 Å². The lowest BCUT2D eigenvalue weighted by atomic mass is 10.1. The number of hydrogen-bond donors (Lipinski definition) is 1. The van der Waals surface area contributed by atoms with Crippen LogP contribution in [0.25, 0.3) is 0 Å². The van der Waals surface area contributed by atoms with E-state index in [1.807, 2.05) is 46.9 Å². The summed E-state index contributed by atoms with van der Waals surface area (Å²) in [6.07, 6.45) is 7.90. The number of ether oxygens (including phenoxy) is 1. The molecule has 1 N–H and O–H groups in total. The van der Waals surface area contributed by atoms with E-state index in [9.17, 15) is 4.79 Å². The highest BCUT2D eigenvalue weighted by Gasteiger charge is 1.99. The van der Waals surface area contributed by atoms with E-state index in [0.717, 1.165) is 43.8 Å². The predicted molar refractivity (Wildman–Crippen MR) is 222 cm³/mol. The Morgan fingerprint density at radius 3 is 0.864 bits per heavy atom. The highest BCUT2D eigenvalue weighted by atomic mass is 16.5. The van der Waals surface area contributed by atoms with Crippen molar-refractivity contribution in [2.24, 2.45) is 11.8 Å². The second kappa shape index (κ2) is 78.6. The molecular weight excluding hydrogens is 542 g/mol. The van der Waals surface area contributed by atoms with Crippen LogP contribution >= 0.6 is 0 Å². The van der Waals surface area contributed by atoms with E-state index in [1.165, 1.54) is 25.7 Å². The summed E-state index contributed by atoms with van der Waals surface area (Å²) in [6, 6.07) is 0.736. The van der Waals surface area contributed by atoms with Crippen molar-refractivity contribution in [1.29, 1.82) is 0 Å². The summed E-state index contributed by atoms with van der Waals surface area (Å²) in [5, 5.41) is 3.20. The first-order valence-corrected chi connectivity index (χ1v) is 14.8. The van der Waals surface area contributed by atoms with Crippen molar-refractivity contribution >= 4 is 5.91 Å². The van der Waals surface area contributed by atoms with Gasteiger partial charge < -0.3 is 19.9 Å². The fourth-order valence-electron chi connectivity index (χ4n) is 2.28. The van der Waals surface area contributed by atoms with E-state index in [-0.39, 0.29) is 65.3 Å². The number of hydrogen-bond acceptors (Lipinski definition) is 4. The van der Waals surface area contributed by atoms with Crippen molar-refractivity contribution in [1.82, 2.24) is 15.1 Å². The van der Waals surface area contributed by atoms with Gasteiger partial charge in [-0.2, -0.15) is 0 Å². The first-order valence-electron chi connectivity index (χ1n) is 14.8. The molecule has 0 radical (unpaired) electrons. The van der Waals surface area contributed by atoms with Crippen molar-refractivity contribution in [2.75, 3.05) is 48.4 Å². The summed E-state index contributed by atoms with van der Waals surface area (Å²) in [7, 11) is 9.77. The van der Waals surface area contributed by atoms with Crippen LogP contribution in [-0.4, -0.2) is 76.2 Å². The fraction of sp³-hybridized carbons (Fsp3) is 0.974. The maximum absolute atomic E-state index is 10.5. The molecule has 0 saturated carbocycles. The number of nitrogens with one attached hydrogen (secondary N) is 1. The molecule has 0 aromatic carbocycles. The molecule has 5 nitrogen and oxygen atoms in total. The van der Waals surface area contributed by atoms with Crippen LogP contribution in [0.15, 0.2) is 0 Å². The van der Waals surface area contributed by atoms with Crippen LogP contribution in [0, 0.1) is 11.8 Å². The van der Waals surface area contributed by atoms with Crippen LogP contribution in [0.4, 0.5) is 0 Å². The highest BCUT2D eigenvalue weighted by Crippen LogP contribution is 2.03. The molecule has 0 aliphatic heterocycles. The molecule has 0 atom stereocenters. The minimum absolute atomic E-state index is 0. The molecule has 0 fully saturated rings. The molecule has 0 heterocycles. The van der Waals surface area contributed by atoms with Gasteiger partial charge in [-0.05, 0) is 79.6 Å². The van der Waals surface area contributed by atoms with Gasteiger partial charge in [0.05, 0.1) is 6.10 Å². The molecule has 0 aliphatic rings. The van der Waals surface area contributed by atoms with Gasteiger partial charge in [0.1, 0.15) is 0 Å². The number of rotatable bonds is 10. The van der Waals surface area contributed by atoms with Gasteiger partial charge in [0.15, 0.2) is 0 Å². The molecule has 5 heteroatoms. The van der Waals surface area contributed by atoms with Gasteiger partial charge in [0, 0.05) is 33.2 Å². The molecule has 0 aromatic rings. The predicted octanol–water partition coefficient (Wildman–Crippen LogP) is 13.5.